The third-order valence-electron chi connectivity index (χ3n) is 3.84. The van der Waals surface area contributed by atoms with E-state index in [1.807, 2.05) is 49.4 Å². The number of rotatable bonds is 5. The zero-order valence-electron chi connectivity index (χ0n) is 14.2. The summed E-state index contributed by atoms with van der Waals surface area (Å²) in [6.07, 6.45) is 2.81. The summed E-state index contributed by atoms with van der Waals surface area (Å²) in [6, 6.07) is 15.4. The molecule has 0 fully saturated rings. The highest BCUT2D eigenvalue weighted by molar-refractivity contribution is 9.10. The minimum atomic E-state index is -0.0299. The molecule has 3 rings (SSSR count). The van der Waals surface area contributed by atoms with Gasteiger partial charge in [-0.25, -0.2) is 0 Å². The highest BCUT2D eigenvalue weighted by Gasteiger charge is 2.11. The molecule has 0 atom stereocenters. The molecule has 0 aliphatic carbocycles. The molecule has 1 heterocycles. The molecule has 130 valence electrons. The van der Waals surface area contributed by atoms with Gasteiger partial charge in [-0.05, 0) is 42.8 Å². The fraction of sp³-hybridized carbons (Fsp3) is 0.150. The van der Waals surface area contributed by atoms with E-state index in [4.69, 9.17) is 0 Å². The summed E-state index contributed by atoms with van der Waals surface area (Å²) in [5.41, 5.74) is 3.39. The minimum absolute atomic E-state index is 0.0299. The Morgan fingerprint density at radius 1 is 1.23 bits per heavy atom. The van der Waals surface area contributed by atoms with Gasteiger partial charge in [0.2, 0.25) is 5.91 Å². The van der Waals surface area contributed by atoms with Crippen molar-refractivity contribution in [3.63, 3.8) is 0 Å². The van der Waals surface area contributed by atoms with E-state index in [9.17, 15) is 10.1 Å². The Balaban J connectivity index is 2.06. The van der Waals surface area contributed by atoms with Gasteiger partial charge in [-0.1, -0.05) is 28.9 Å². The van der Waals surface area contributed by atoms with E-state index < -0.39 is 0 Å². The maximum atomic E-state index is 11.9. The molecule has 0 unspecified atom stereocenters. The van der Waals surface area contributed by atoms with Gasteiger partial charge in [0.1, 0.15) is 6.07 Å². The van der Waals surface area contributed by atoms with Crippen LogP contribution in [0.25, 0.3) is 10.9 Å². The van der Waals surface area contributed by atoms with E-state index in [0.717, 1.165) is 27.5 Å². The average Bonchev–Trinajstić information content (AvgIpc) is 2.62. The zero-order valence-corrected chi connectivity index (χ0v) is 15.8. The second-order valence-electron chi connectivity index (χ2n) is 5.82. The van der Waals surface area contributed by atoms with E-state index in [2.05, 4.69) is 37.6 Å². The van der Waals surface area contributed by atoms with Gasteiger partial charge in [-0.15, -0.1) is 0 Å². The zero-order chi connectivity index (χ0) is 18.5. The van der Waals surface area contributed by atoms with Gasteiger partial charge >= 0.3 is 0 Å². The first-order valence-electron chi connectivity index (χ1n) is 8.26. The van der Waals surface area contributed by atoms with E-state index >= 15 is 0 Å². The summed E-state index contributed by atoms with van der Waals surface area (Å²) < 4.78 is 0.937. The minimum Gasteiger partial charge on any atom is -0.354 e. The summed E-state index contributed by atoms with van der Waals surface area (Å²) in [4.78, 5) is 16.2. The largest absolute Gasteiger partial charge is 0.354 e. The second kappa shape index (κ2) is 7.98. The third kappa shape index (κ3) is 4.01. The van der Waals surface area contributed by atoms with Crippen LogP contribution in [0.2, 0.25) is 0 Å². The number of amides is 1. The van der Waals surface area contributed by atoms with E-state index in [0.29, 0.717) is 23.4 Å². The molecular weight excluding hydrogens is 392 g/mol. The molecule has 1 aromatic heterocycles. The van der Waals surface area contributed by atoms with Gasteiger partial charge in [0, 0.05) is 33.9 Å². The lowest BCUT2D eigenvalue weighted by Crippen LogP contribution is -2.10. The average molecular weight is 409 g/mol. The Hall–Kier alpha value is -2.91. The summed E-state index contributed by atoms with van der Waals surface area (Å²) in [6.45, 7) is 1.96. The van der Waals surface area contributed by atoms with Gasteiger partial charge in [0.15, 0.2) is 0 Å². The van der Waals surface area contributed by atoms with Crippen molar-refractivity contribution < 1.29 is 4.79 Å². The van der Waals surface area contributed by atoms with Crippen molar-refractivity contribution in [3.05, 3.63) is 58.7 Å². The molecule has 2 N–H and O–H groups in total. The molecule has 26 heavy (non-hydrogen) atoms. The fourth-order valence-electron chi connectivity index (χ4n) is 2.65. The molecule has 0 aliphatic heterocycles. The maximum absolute atomic E-state index is 11.9. The Bertz CT molecular complexity index is 1010. The predicted molar refractivity (Wildman–Crippen MR) is 107 cm³/mol. The third-order valence-corrected chi connectivity index (χ3v) is 4.34. The van der Waals surface area contributed by atoms with Crippen LogP contribution in [0.3, 0.4) is 0 Å². The number of halogens is 1. The summed E-state index contributed by atoms with van der Waals surface area (Å²) in [5, 5.41) is 16.5. The van der Waals surface area contributed by atoms with Gasteiger partial charge in [0.05, 0.1) is 16.8 Å². The van der Waals surface area contributed by atoms with Gasteiger partial charge in [0.25, 0.3) is 0 Å². The van der Waals surface area contributed by atoms with E-state index in [1.165, 1.54) is 0 Å². The number of nitrogens with zero attached hydrogens (tertiary/aromatic N) is 2. The van der Waals surface area contributed by atoms with Crippen LogP contribution >= 0.6 is 15.9 Å². The number of aromatic nitrogens is 1. The van der Waals surface area contributed by atoms with Crippen LogP contribution in [0.15, 0.2) is 53.1 Å². The summed E-state index contributed by atoms with van der Waals surface area (Å²) in [7, 11) is 0. The molecule has 6 heteroatoms. The SMILES string of the molecule is CCCC(=O)Nc1ccc2ncc(C#N)c(Nc3cccc(Br)c3)c2c1. The van der Waals surface area contributed by atoms with Crippen LogP contribution < -0.4 is 10.6 Å². The molecule has 0 bridgehead atoms. The predicted octanol–water partition coefficient (Wildman–Crippen LogP) is 5.35. The van der Waals surface area contributed by atoms with Gasteiger partial charge in [-0.2, -0.15) is 5.26 Å². The van der Waals surface area contributed by atoms with Crippen LogP contribution in [-0.2, 0) is 4.79 Å². The molecule has 3 aromatic rings. The highest BCUT2D eigenvalue weighted by Crippen LogP contribution is 2.31. The van der Waals surface area contributed by atoms with Crippen LogP contribution in [0.4, 0.5) is 17.1 Å². The summed E-state index contributed by atoms with van der Waals surface area (Å²) in [5.74, 6) is -0.0299. The second-order valence-corrected chi connectivity index (χ2v) is 6.74. The molecule has 0 spiro atoms. The lowest BCUT2D eigenvalue weighted by molar-refractivity contribution is -0.116. The first-order chi connectivity index (χ1) is 12.6. The molecule has 0 aliphatic rings. The van der Waals surface area contributed by atoms with Crippen molar-refractivity contribution in [2.24, 2.45) is 0 Å². The number of nitrogens with one attached hydrogen (secondary N) is 2. The number of carbonyl (C=O) groups is 1. The van der Waals surface area contributed by atoms with Gasteiger partial charge < -0.3 is 10.6 Å². The van der Waals surface area contributed by atoms with Crippen LogP contribution in [0.1, 0.15) is 25.3 Å². The molecule has 0 saturated carbocycles. The molecule has 1 amide bonds. The number of hydrogen-bond acceptors (Lipinski definition) is 4. The van der Waals surface area contributed by atoms with Crippen LogP contribution in [0, 0.1) is 11.3 Å². The number of fused-ring (bicyclic) bond motifs is 1. The maximum Gasteiger partial charge on any atom is 0.224 e. The standard InChI is InChI=1S/C20H17BrN4O/c1-2-4-19(26)24-16-7-8-18-17(10-16)20(13(11-22)12-23-18)25-15-6-3-5-14(21)9-15/h3,5-10,12H,2,4H2,1H3,(H,23,25)(H,24,26). The molecule has 5 nitrogen and oxygen atoms in total. The van der Waals surface area contributed by atoms with Crippen molar-refractivity contribution >= 4 is 49.8 Å². The number of anilines is 3. The van der Waals surface area contributed by atoms with Crippen molar-refractivity contribution in [1.29, 1.82) is 5.26 Å². The first-order valence-corrected chi connectivity index (χ1v) is 9.05. The number of carbonyl (C=O) groups excluding carboxylic acids is 1. The normalized spacial score (nSPS) is 10.3. The quantitative estimate of drug-likeness (QED) is 0.596. The van der Waals surface area contributed by atoms with Crippen molar-refractivity contribution in [1.82, 2.24) is 4.98 Å². The van der Waals surface area contributed by atoms with E-state index in [-0.39, 0.29) is 5.91 Å². The summed E-state index contributed by atoms with van der Waals surface area (Å²) >= 11 is 3.45. The Labute approximate surface area is 160 Å². The molecule has 2 aromatic carbocycles. The smallest absolute Gasteiger partial charge is 0.224 e. The molecule has 0 radical (unpaired) electrons. The highest BCUT2D eigenvalue weighted by atomic mass is 79.9. The van der Waals surface area contributed by atoms with Crippen LogP contribution in [0.5, 0.6) is 0 Å². The molecular formula is C20H17BrN4O. The lowest BCUT2D eigenvalue weighted by Gasteiger charge is -2.13. The van der Waals surface area contributed by atoms with Crippen LogP contribution in [-0.4, -0.2) is 10.9 Å². The topological polar surface area (TPSA) is 77.8 Å². The number of nitriles is 1. The van der Waals surface area contributed by atoms with Gasteiger partial charge in [-0.3, -0.25) is 9.78 Å². The fourth-order valence-corrected chi connectivity index (χ4v) is 3.05. The number of hydrogen-bond donors (Lipinski definition) is 2. The number of pyridine rings is 1. The lowest BCUT2D eigenvalue weighted by atomic mass is 10.1. The van der Waals surface area contributed by atoms with E-state index in [1.54, 1.807) is 6.20 Å². The number of benzene rings is 2. The Kier molecular flexibility index (Phi) is 5.49. The first kappa shape index (κ1) is 17.9. The molecule has 0 saturated heterocycles. The van der Waals surface area contributed by atoms with Crippen molar-refractivity contribution in [2.75, 3.05) is 10.6 Å². The Morgan fingerprint density at radius 3 is 2.81 bits per heavy atom. The monoisotopic (exact) mass is 408 g/mol. The van der Waals surface area contributed by atoms with Crippen molar-refractivity contribution in [3.8, 4) is 6.07 Å². The van der Waals surface area contributed by atoms with Crippen molar-refractivity contribution in [2.45, 2.75) is 19.8 Å². The Morgan fingerprint density at radius 2 is 2.08 bits per heavy atom.